The van der Waals surface area contributed by atoms with Crippen molar-refractivity contribution in [2.75, 3.05) is 32.3 Å². The fourth-order valence-electron chi connectivity index (χ4n) is 3.06. The van der Waals surface area contributed by atoms with Crippen LogP contribution in [0.2, 0.25) is 0 Å². The third-order valence-electron chi connectivity index (χ3n) is 4.48. The van der Waals surface area contributed by atoms with Crippen LogP contribution in [0.1, 0.15) is 5.69 Å². The average Bonchev–Trinajstić information content (AvgIpc) is 3.23. The molecule has 13 nitrogen and oxygen atoms in total. The van der Waals surface area contributed by atoms with Crippen LogP contribution in [0.3, 0.4) is 0 Å². The van der Waals surface area contributed by atoms with Crippen molar-refractivity contribution < 1.29 is 33.9 Å². The van der Waals surface area contributed by atoms with E-state index in [9.17, 15) is 24.3 Å². The number of ether oxygens (including phenoxy) is 1. The number of anilines is 1. The van der Waals surface area contributed by atoms with E-state index >= 15 is 0 Å². The lowest BCUT2D eigenvalue weighted by Crippen LogP contribution is -2.71. The van der Waals surface area contributed by atoms with Gasteiger partial charge in [0.05, 0.1) is 0 Å². The monoisotopic (exact) mass is 496 g/mol. The number of nitrogens with two attached hydrogens (primary N) is 1. The molecule has 1 aromatic heterocycles. The second-order valence-electron chi connectivity index (χ2n) is 6.48. The number of rotatable bonds is 8. The maximum atomic E-state index is 12.8. The minimum Gasteiger partial charge on any atom is -0.477 e. The quantitative estimate of drug-likeness (QED) is 0.212. The van der Waals surface area contributed by atoms with E-state index in [2.05, 4.69) is 20.8 Å². The third kappa shape index (κ3) is 5.09. The Balaban J connectivity index is 1.73. The number of allylic oxidation sites excluding steroid dienone is 1. The van der Waals surface area contributed by atoms with Crippen molar-refractivity contribution in [2.24, 2.45) is 5.16 Å². The van der Waals surface area contributed by atoms with E-state index in [1.165, 1.54) is 43.5 Å². The molecule has 0 aromatic carbocycles. The zero-order chi connectivity index (χ0) is 24.1. The smallest absolute Gasteiger partial charge is 0.407 e. The lowest BCUT2D eigenvalue weighted by atomic mass is 10.0. The molecule has 0 saturated carbocycles. The number of aromatic nitrogens is 1. The van der Waals surface area contributed by atoms with Crippen molar-refractivity contribution in [3.8, 4) is 0 Å². The van der Waals surface area contributed by atoms with Gasteiger partial charge in [0.2, 0.25) is 0 Å². The van der Waals surface area contributed by atoms with Gasteiger partial charge in [-0.2, -0.15) is 0 Å². The molecule has 2 aliphatic heterocycles. The first-order chi connectivity index (χ1) is 15.8. The Morgan fingerprint density at radius 3 is 2.82 bits per heavy atom. The summed E-state index contributed by atoms with van der Waals surface area (Å²) in [6.45, 7) is -0.0699. The molecule has 0 unspecified atom stereocenters. The van der Waals surface area contributed by atoms with Crippen LogP contribution in [0.15, 0.2) is 34.0 Å². The van der Waals surface area contributed by atoms with E-state index in [1.54, 1.807) is 0 Å². The van der Waals surface area contributed by atoms with E-state index in [1.807, 2.05) is 0 Å². The topological polar surface area (TPSA) is 186 Å². The molecule has 0 spiro atoms. The van der Waals surface area contributed by atoms with Crippen molar-refractivity contribution in [2.45, 2.75) is 11.4 Å². The SMILES string of the molecule is CNC(=O)OC/C=C\C1=C(C(=O)O)N2C(=O)[C@@H](NC(=O)/C(=N/OC)c3csc(N)n3)[C@H]2SC1. The number of nitrogen functional groups attached to an aromatic ring is 1. The first-order valence-corrected chi connectivity index (χ1v) is 11.3. The van der Waals surface area contributed by atoms with Gasteiger partial charge >= 0.3 is 12.1 Å². The summed E-state index contributed by atoms with van der Waals surface area (Å²) in [6.07, 6.45) is 2.34. The van der Waals surface area contributed by atoms with Gasteiger partial charge in [-0.05, 0) is 11.6 Å². The number of amides is 3. The first-order valence-electron chi connectivity index (χ1n) is 9.34. The highest BCUT2D eigenvalue weighted by molar-refractivity contribution is 8.00. The van der Waals surface area contributed by atoms with Crippen molar-refractivity contribution in [1.82, 2.24) is 20.5 Å². The molecule has 0 aliphatic carbocycles. The molecule has 1 aromatic rings. The molecule has 176 valence electrons. The Morgan fingerprint density at radius 2 is 2.21 bits per heavy atom. The third-order valence-corrected chi connectivity index (χ3v) is 6.46. The molecule has 2 aliphatic rings. The molecular weight excluding hydrogens is 476 g/mol. The van der Waals surface area contributed by atoms with E-state index in [-0.39, 0.29) is 34.6 Å². The minimum absolute atomic E-state index is 0.0699. The van der Waals surface area contributed by atoms with Gasteiger partial charge < -0.3 is 31.0 Å². The maximum Gasteiger partial charge on any atom is 0.407 e. The number of fused-ring (bicyclic) bond motifs is 1. The highest BCUT2D eigenvalue weighted by Gasteiger charge is 2.54. The zero-order valence-electron chi connectivity index (χ0n) is 17.4. The average molecular weight is 497 g/mol. The summed E-state index contributed by atoms with van der Waals surface area (Å²) in [5, 5.41) is 19.3. The predicted molar refractivity (Wildman–Crippen MR) is 119 cm³/mol. The number of thiazole rings is 1. The molecule has 15 heteroatoms. The number of carbonyl (C=O) groups excluding carboxylic acids is 3. The van der Waals surface area contributed by atoms with Gasteiger partial charge in [0.1, 0.15) is 36.5 Å². The minimum atomic E-state index is -1.29. The number of carbonyl (C=O) groups is 4. The number of alkyl carbamates (subject to hydrolysis) is 1. The van der Waals surface area contributed by atoms with Crippen molar-refractivity contribution in [3.05, 3.63) is 34.5 Å². The molecule has 33 heavy (non-hydrogen) atoms. The lowest BCUT2D eigenvalue weighted by molar-refractivity contribution is -0.150. The van der Waals surface area contributed by atoms with E-state index in [0.717, 1.165) is 16.2 Å². The van der Waals surface area contributed by atoms with Crippen LogP contribution in [0.25, 0.3) is 0 Å². The molecule has 1 fully saturated rings. The number of hydrogen-bond acceptors (Lipinski definition) is 11. The Kier molecular flexibility index (Phi) is 7.55. The largest absolute Gasteiger partial charge is 0.477 e. The van der Waals surface area contributed by atoms with Gasteiger partial charge in [-0.15, -0.1) is 23.1 Å². The van der Waals surface area contributed by atoms with E-state index in [4.69, 9.17) is 15.3 Å². The summed E-state index contributed by atoms with van der Waals surface area (Å²) in [6, 6.07) is -0.961. The lowest BCUT2D eigenvalue weighted by Gasteiger charge is -2.49. The predicted octanol–water partition coefficient (Wildman–Crippen LogP) is -0.273. The second-order valence-corrected chi connectivity index (χ2v) is 8.48. The number of aliphatic carboxylic acids is 1. The summed E-state index contributed by atoms with van der Waals surface area (Å²) in [5.41, 5.74) is 5.82. The number of β-lactam (4-membered cyclic amide) rings is 1. The van der Waals surface area contributed by atoms with Gasteiger partial charge in [0, 0.05) is 18.2 Å². The number of nitrogens with zero attached hydrogens (tertiary/aromatic N) is 3. The number of hydrogen-bond donors (Lipinski definition) is 4. The van der Waals surface area contributed by atoms with Gasteiger partial charge in [0.25, 0.3) is 11.8 Å². The van der Waals surface area contributed by atoms with Gasteiger partial charge in [-0.3, -0.25) is 14.5 Å². The summed E-state index contributed by atoms with van der Waals surface area (Å²) in [7, 11) is 2.67. The molecule has 5 N–H and O–H groups in total. The molecule has 3 heterocycles. The fraction of sp³-hybridized carbons (Fsp3) is 0.333. The van der Waals surface area contributed by atoms with Crippen LogP contribution in [0, 0.1) is 0 Å². The van der Waals surface area contributed by atoms with Crippen molar-refractivity contribution in [1.29, 1.82) is 0 Å². The Morgan fingerprint density at radius 1 is 1.45 bits per heavy atom. The Labute approximate surface area is 195 Å². The van der Waals surface area contributed by atoms with Gasteiger partial charge in [-0.1, -0.05) is 11.2 Å². The number of nitrogens with one attached hydrogen (secondary N) is 2. The first kappa shape index (κ1) is 24.1. The molecule has 1 saturated heterocycles. The van der Waals surface area contributed by atoms with E-state index in [0.29, 0.717) is 5.57 Å². The molecule has 3 rings (SSSR count). The normalized spacial score (nSPS) is 20.2. The maximum absolute atomic E-state index is 12.8. The molecule has 0 bridgehead atoms. The Hall–Kier alpha value is -3.59. The van der Waals surface area contributed by atoms with Gasteiger partial charge in [-0.25, -0.2) is 14.6 Å². The van der Waals surface area contributed by atoms with Crippen LogP contribution in [0.5, 0.6) is 0 Å². The summed E-state index contributed by atoms with van der Waals surface area (Å²) < 4.78 is 4.83. The summed E-state index contributed by atoms with van der Waals surface area (Å²) in [5.74, 6) is -2.32. The fourth-order valence-corrected chi connectivity index (χ4v) is 4.93. The van der Waals surface area contributed by atoms with Crippen LogP contribution < -0.4 is 16.4 Å². The number of oxime groups is 1. The van der Waals surface area contributed by atoms with Crippen LogP contribution >= 0.6 is 23.1 Å². The number of carboxylic acids is 1. The molecule has 0 radical (unpaired) electrons. The van der Waals surface area contributed by atoms with Crippen molar-refractivity contribution >= 4 is 57.8 Å². The van der Waals surface area contributed by atoms with Crippen LogP contribution in [0.4, 0.5) is 9.93 Å². The van der Waals surface area contributed by atoms with Crippen LogP contribution in [-0.2, 0) is 24.0 Å². The molecular formula is C18H20N6O7S2. The van der Waals surface area contributed by atoms with Crippen molar-refractivity contribution in [3.63, 3.8) is 0 Å². The second kappa shape index (κ2) is 10.4. The molecule has 2 atom stereocenters. The number of carboxylic acid groups (broad SMARTS) is 1. The summed E-state index contributed by atoms with van der Waals surface area (Å²) >= 11 is 2.39. The zero-order valence-corrected chi connectivity index (χ0v) is 19.1. The number of thioether (sulfide) groups is 1. The Bertz CT molecular complexity index is 1070. The van der Waals surface area contributed by atoms with E-state index < -0.39 is 35.3 Å². The highest BCUT2D eigenvalue weighted by Crippen LogP contribution is 2.40. The highest BCUT2D eigenvalue weighted by atomic mass is 32.2. The van der Waals surface area contributed by atoms with Crippen LogP contribution in [-0.4, -0.2) is 82.5 Å². The van der Waals surface area contributed by atoms with Gasteiger partial charge in [0.15, 0.2) is 10.8 Å². The summed E-state index contributed by atoms with van der Waals surface area (Å²) in [4.78, 5) is 58.3. The standard InChI is InChI=1S/C18H20N6O7S2/c1-20-18(29)31-5-3-4-8-6-32-15-11(14(26)24(15)12(8)16(27)28)22-13(25)10(23-30-2)9-7-33-17(19)21-9/h3-4,7,11,15H,5-6H2,1-2H3,(H2,19,21)(H,20,29)(H,22,25)(H,27,28)/b4-3-,23-10+/t11-,15-/m1/s1. The molecule has 3 amide bonds.